The van der Waals surface area contributed by atoms with Crippen LogP contribution in [0.25, 0.3) is 0 Å². The molecule has 0 bridgehead atoms. The minimum atomic E-state index is -0.568. The van der Waals surface area contributed by atoms with Crippen LogP contribution in [0.1, 0.15) is 38.5 Å². The molecule has 0 aromatic heterocycles. The van der Waals surface area contributed by atoms with Crippen molar-refractivity contribution in [1.29, 1.82) is 0 Å². The van der Waals surface area contributed by atoms with E-state index in [0.717, 1.165) is 10.8 Å². The number of alkyl halides is 1. The summed E-state index contributed by atoms with van der Waals surface area (Å²) in [6, 6.07) is 0. The predicted octanol–water partition coefficient (Wildman–Crippen LogP) is 1.92. The van der Waals surface area contributed by atoms with Crippen molar-refractivity contribution < 1.29 is 4.79 Å². The molecule has 0 saturated heterocycles. The zero-order valence-corrected chi connectivity index (χ0v) is 12.4. The topological polar surface area (TPSA) is 58.7 Å². The summed E-state index contributed by atoms with van der Waals surface area (Å²) >= 11 is 2.26. The fraction of sp³-hybridized carbons (Fsp3) is 0.833. The van der Waals surface area contributed by atoms with Gasteiger partial charge in [0.25, 0.3) is 5.91 Å². The van der Waals surface area contributed by atoms with Crippen molar-refractivity contribution in [3.8, 4) is 0 Å². The summed E-state index contributed by atoms with van der Waals surface area (Å²) < 4.78 is 0.727. The minimum Gasteiger partial charge on any atom is -0.369 e. The molecular formula is C12H20IN3O. The first kappa shape index (κ1) is 13.1. The fourth-order valence-corrected chi connectivity index (χ4v) is 3.71. The molecule has 5 heteroatoms. The van der Waals surface area contributed by atoms with E-state index in [1.807, 2.05) is 0 Å². The molecule has 2 rings (SSSR count). The van der Waals surface area contributed by atoms with Crippen LogP contribution in [0, 0.1) is 5.92 Å². The van der Waals surface area contributed by atoms with Gasteiger partial charge in [0, 0.05) is 11.5 Å². The van der Waals surface area contributed by atoms with Gasteiger partial charge in [-0.15, -0.1) is 0 Å². The maximum atomic E-state index is 12.3. The molecule has 0 aromatic carbocycles. The van der Waals surface area contributed by atoms with Crippen molar-refractivity contribution in [1.82, 2.24) is 4.90 Å². The lowest BCUT2D eigenvalue weighted by Gasteiger charge is -2.29. The van der Waals surface area contributed by atoms with E-state index in [-0.39, 0.29) is 5.91 Å². The van der Waals surface area contributed by atoms with Crippen LogP contribution in [0.3, 0.4) is 0 Å². The fourth-order valence-electron chi connectivity index (χ4n) is 2.90. The van der Waals surface area contributed by atoms with Gasteiger partial charge in [-0.3, -0.25) is 9.69 Å². The van der Waals surface area contributed by atoms with Crippen LogP contribution < -0.4 is 5.73 Å². The van der Waals surface area contributed by atoms with Crippen LogP contribution in [-0.4, -0.2) is 33.8 Å². The van der Waals surface area contributed by atoms with Crippen LogP contribution in [0.15, 0.2) is 4.99 Å². The number of hydrogen-bond acceptors (Lipinski definition) is 3. The lowest BCUT2D eigenvalue weighted by atomic mass is 9.80. The minimum absolute atomic E-state index is 0.0787. The highest BCUT2D eigenvalue weighted by Gasteiger charge is 2.46. The van der Waals surface area contributed by atoms with Gasteiger partial charge in [0.15, 0.2) is 11.5 Å². The Labute approximate surface area is 116 Å². The number of amides is 1. The Hall–Kier alpha value is -0.330. The number of rotatable bonds is 3. The molecule has 1 aliphatic heterocycles. The number of carbonyl (C=O) groups is 1. The third-order valence-corrected chi connectivity index (χ3v) is 5.21. The van der Waals surface area contributed by atoms with E-state index in [2.05, 4.69) is 27.6 Å². The van der Waals surface area contributed by atoms with E-state index >= 15 is 0 Å². The number of nitrogens with two attached hydrogens (primary N) is 1. The first-order valence-corrected chi connectivity index (χ1v) is 7.81. The largest absolute Gasteiger partial charge is 0.369 e. The Morgan fingerprint density at radius 2 is 2.12 bits per heavy atom. The first-order chi connectivity index (χ1) is 8.09. The second kappa shape index (κ2) is 5.12. The number of hydrogen-bond donors (Lipinski definition) is 1. The summed E-state index contributed by atoms with van der Waals surface area (Å²) in [4.78, 5) is 18.2. The van der Waals surface area contributed by atoms with Gasteiger partial charge in [0.05, 0.1) is 0 Å². The number of aliphatic imine (C=N–C) groups is 1. The predicted molar refractivity (Wildman–Crippen MR) is 77.2 cm³/mol. The highest BCUT2D eigenvalue weighted by atomic mass is 127. The molecular weight excluding hydrogens is 329 g/mol. The molecule has 2 N–H and O–H groups in total. The van der Waals surface area contributed by atoms with Gasteiger partial charge in [0.2, 0.25) is 0 Å². The van der Waals surface area contributed by atoms with Crippen LogP contribution in [0.2, 0.25) is 0 Å². The maximum Gasteiger partial charge on any atom is 0.257 e. The summed E-state index contributed by atoms with van der Waals surface area (Å²) in [6.07, 6.45) is 7.29. The molecule has 0 spiro atoms. The van der Waals surface area contributed by atoms with Gasteiger partial charge < -0.3 is 5.73 Å². The molecule has 1 aliphatic carbocycles. The Balaban J connectivity index is 2.12. The van der Waals surface area contributed by atoms with Crippen molar-refractivity contribution in [2.24, 2.45) is 16.6 Å². The third kappa shape index (κ3) is 2.44. The monoisotopic (exact) mass is 349 g/mol. The van der Waals surface area contributed by atoms with E-state index in [1.54, 1.807) is 7.05 Å². The zero-order chi connectivity index (χ0) is 12.5. The van der Waals surface area contributed by atoms with Gasteiger partial charge in [-0.1, -0.05) is 54.7 Å². The van der Waals surface area contributed by atoms with Crippen molar-refractivity contribution >= 4 is 34.5 Å². The zero-order valence-electron chi connectivity index (χ0n) is 10.3. The molecule has 1 amide bonds. The SMILES string of the molecule is CN1C(=O)C(CI)(CC2CCCCC2)N=C1N. The van der Waals surface area contributed by atoms with E-state index in [4.69, 9.17) is 5.73 Å². The summed E-state index contributed by atoms with van der Waals surface area (Å²) in [5.41, 5.74) is 5.21. The van der Waals surface area contributed by atoms with Crippen LogP contribution in [-0.2, 0) is 4.79 Å². The lowest BCUT2D eigenvalue weighted by molar-refractivity contribution is -0.130. The summed E-state index contributed by atoms with van der Waals surface area (Å²) in [5, 5.41) is 0. The van der Waals surface area contributed by atoms with Gasteiger partial charge in [-0.05, 0) is 12.3 Å². The van der Waals surface area contributed by atoms with E-state index < -0.39 is 5.54 Å². The van der Waals surface area contributed by atoms with Crippen molar-refractivity contribution in [3.05, 3.63) is 0 Å². The van der Waals surface area contributed by atoms with Crippen molar-refractivity contribution in [2.75, 3.05) is 11.5 Å². The molecule has 0 aromatic rings. The second-order valence-corrected chi connectivity index (χ2v) is 5.97. The lowest BCUT2D eigenvalue weighted by Crippen LogP contribution is -2.44. The molecule has 4 nitrogen and oxygen atoms in total. The summed E-state index contributed by atoms with van der Waals surface area (Å²) in [6.45, 7) is 0. The molecule has 1 saturated carbocycles. The standard InChI is InChI=1S/C12H20IN3O/c1-16-10(17)12(8-13,15-11(16)14)7-9-5-3-2-4-6-9/h9H,2-8H2,1H3,(H2,14,15). The van der Waals surface area contributed by atoms with Crippen LogP contribution >= 0.6 is 22.6 Å². The highest BCUT2D eigenvalue weighted by Crippen LogP contribution is 2.36. The maximum absolute atomic E-state index is 12.3. The van der Waals surface area contributed by atoms with E-state index in [1.165, 1.54) is 37.0 Å². The summed E-state index contributed by atoms with van der Waals surface area (Å²) in [5.74, 6) is 1.10. The first-order valence-electron chi connectivity index (χ1n) is 6.28. The van der Waals surface area contributed by atoms with Gasteiger partial charge in [-0.25, -0.2) is 4.99 Å². The van der Waals surface area contributed by atoms with Crippen LogP contribution in [0.4, 0.5) is 0 Å². The second-order valence-electron chi connectivity index (χ2n) is 5.21. The number of halogens is 1. The highest BCUT2D eigenvalue weighted by molar-refractivity contribution is 14.1. The molecule has 0 radical (unpaired) electrons. The Bertz CT molecular complexity index is 339. The molecule has 2 aliphatic rings. The number of guanidine groups is 1. The van der Waals surface area contributed by atoms with Crippen LogP contribution in [0.5, 0.6) is 0 Å². The van der Waals surface area contributed by atoms with E-state index in [9.17, 15) is 4.79 Å². The normalized spacial score (nSPS) is 30.8. The van der Waals surface area contributed by atoms with Crippen molar-refractivity contribution in [2.45, 2.75) is 44.1 Å². The third-order valence-electron chi connectivity index (χ3n) is 3.95. The number of likely N-dealkylation sites (N-methyl/N-ethyl adjacent to an activating group) is 1. The Morgan fingerprint density at radius 3 is 2.59 bits per heavy atom. The average Bonchev–Trinajstić information content (AvgIpc) is 2.56. The smallest absolute Gasteiger partial charge is 0.257 e. The van der Waals surface area contributed by atoms with Gasteiger partial charge in [0.1, 0.15) is 0 Å². The Kier molecular flexibility index (Phi) is 3.95. The molecule has 17 heavy (non-hydrogen) atoms. The van der Waals surface area contributed by atoms with Gasteiger partial charge >= 0.3 is 0 Å². The average molecular weight is 349 g/mol. The molecule has 1 atom stereocenters. The summed E-state index contributed by atoms with van der Waals surface area (Å²) in [7, 11) is 1.72. The quantitative estimate of drug-likeness (QED) is 0.625. The van der Waals surface area contributed by atoms with Gasteiger partial charge in [-0.2, -0.15) is 0 Å². The number of nitrogens with zero attached hydrogens (tertiary/aromatic N) is 2. The van der Waals surface area contributed by atoms with E-state index in [0.29, 0.717) is 11.9 Å². The molecule has 1 fully saturated rings. The van der Waals surface area contributed by atoms with Crippen molar-refractivity contribution in [3.63, 3.8) is 0 Å². The number of carbonyl (C=O) groups excluding carboxylic acids is 1. The molecule has 1 unspecified atom stereocenters. The molecule has 96 valence electrons. The Morgan fingerprint density at radius 1 is 1.47 bits per heavy atom. The molecule has 1 heterocycles.